The van der Waals surface area contributed by atoms with Crippen LogP contribution >= 0.6 is 0 Å². The molecule has 0 aliphatic heterocycles. The van der Waals surface area contributed by atoms with Crippen molar-refractivity contribution in [2.75, 3.05) is 13.7 Å². The van der Waals surface area contributed by atoms with Gasteiger partial charge in [0.25, 0.3) is 0 Å². The molecule has 1 unspecified atom stereocenters. The fraction of sp³-hybridized carbons (Fsp3) is 0.500. The van der Waals surface area contributed by atoms with Gasteiger partial charge in [-0.2, -0.15) is 13.2 Å². The third kappa shape index (κ3) is 4.32. The van der Waals surface area contributed by atoms with Crippen molar-refractivity contribution in [1.29, 1.82) is 0 Å². The van der Waals surface area contributed by atoms with Gasteiger partial charge in [-0.1, -0.05) is 0 Å². The van der Waals surface area contributed by atoms with Crippen molar-refractivity contribution in [2.45, 2.75) is 31.0 Å². The molecule has 0 aliphatic carbocycles. The smallest absolute Gasteiger partial charge is 0.415 e. The van der Waals surface area contributed by atoms with Crippen LogP contribution in [-0.4, -0.2) is 39.5 Å². The highest BCUT2D eigenvalue weighted by Gasteiger charge is 2.39. The number of methoxy groups -OCH3 is 1. The molecule has 0 fully saturated rings. The van der Waals surface area contributed by atoms with Crippen LogP contribution in [0.2, 0.25) is 0 Å². The first kappa shape index (κ1) is 17.7. The number of nitrogens with one attached hydrogen (secondary N) is 1. The normalized spacial score (nSPS) is 14.0. The Morgan fingerprint density at radius 3 is 2.14 bits per heavy atom. The van der Waals surface area contributed by atoms with E-state index in [0.717, 1.165) is 0 Å². The van der Waals surface area contributed by atoms with Crippen molar-refractivity contribution in [3.63, 3.8) is 0 Å². The first-order valence-corrected chi connectivity index (χ1v) is 7.37. The third-order valence-electron chi connectivity index (χ3n) is 2.78. The Labute approximate surface area is 120 Å². The number of benzene rings is 1. The van der Waals surface area contributed by atoms with Crippen molar-refractivity contribution in [2.24, 2.45) is 0 Å². The van der Waals surface area contributed by atoms with Gasteiger partial charge in [-0.25, -0.2) is 13.1 Å². The summed E-state index contributed by atoms with van der Waals surface area (Å²) in [6.07, 6.45) is -7.64. The standard InChI is InChI=1S/C12H16F3NO4S/c1-7-4-9(20-3)5-8(2)11(7)21(18,19)16-6-10(17)12(13,14)15/h4-5,10,16-17H,6H2,1-3H3. The fourth-order valence-electron chi connectivity index (χ4n) is 1.83. The molecule has 0 aliphatic rings. The lowest BCUT2D eigenvalue weighted by molar-refractivity contribution is -0.200. The summed E-state index contributed by atoms with van der Waals surface area (Å²) in [5.74, 6) is 0.444. The van der Waals surface area contributed by atoms with Crippen molar-refractivity contribution in [1.82, 2.24) is 4.72 Å². The molecule has 0 radical (unpaired) electrons. The lowest BCUT2D eigenvalue weighted by Gasteiger charge is -2.17. The van der Waals surface area contributed by atoms with Gasteiger partial charge in [0.2, 0.25) is 10.0 Å². The van der Waals surface area contributed by atoms with Crippen LogP contribution in [0.5, 0.6) is 5.75 Å². The lowest BCUT2D eigenvalue weighted by atomic mass is 10.1. The summed E-state index contributed by atoms with van der Waals surface area (Å²) in [6.45, 7) is 1.87. The molecule has 0 aromatic heterocycles. The zero-order valence-electron chi connectivity index (χ0n) is 11.7. The number of alkyl halides is 3. The summed E-state index contributed by atoms with van der Waals surface area (Å²) in [5.41, 5.74) is 0.668. The highest BCUT2D eigenvalue weighted by molar-refractivity contribution is 7.89. The van der Waals surface area contributed by atoms with E-state index in [2.05, 4.69) is 0 Å². The number of aryl methyl sites for hydroxylation is 2. The van der Waals surface area contributed by atoms with E-state index in [9.17, 15) is 21.6 Å². The van der Waals surface area contributed by atoms with Crippen LogP contribution in [0.4, 0.5) is 13.2 Å². The molecule has 0 saturated heterocycles. The van der Waals surface area contributed by atoms with E-state index >= 15 is 0 Å². The second-order valence-electron chi connectivity index (χ2n) is 4.50. The van der Waals surface area contributed by atoms with E-state index in [-0.39, 0.29) is 4.90 Å². The Kier molecular flexibility index (Phi) is 5.24. The van der Waals surface area contributed by atoms with E-state index in [1.165, 1.54) is 33.1 Å². The molecule has 120 valence electrons. The molecule has 1 atom stereocenters. The molecule has 1 aromatic carbocycles. The Bertz CT molecular complexity index is 590. The molecule has 0 heterocycles. The van der Waals surface area contributed by atoms with Crippen LogP contribution in [0.3, 0.4) is 0 Å². The van der Waals surface area contributed by atoms with Gasteiger partial charge in [-0.15, -0.1) is 0 Å². The fourth-order valence-corrected chi connectivity index (χ4v) is 3.32. The minimum Gasteiger partial charge on any atom is -0.497 e. The van der Waals surface area contributed by atoms with Gasteiger partial charge in [0.05, 0.1) is 12.0 Å². The molecule has 5 nitrogen and oxygen atoms in total. The predicted molar refractivity (Wildman–Crippen MR) is 69.7 cm³/mol. The van der Waals surface area contributed by atoms with Gasteiger partial charge >= 0.3 is 6.18 Å². The van der Waals surface area contributed by atoms with E-state index in [4.69, 9.17) is 9.84 Å². The topological polar surface area (TPSA) is 75.6 Å². The van der Waals surface area contributed by atoms with Crippen LogP contribution < -0.4 is 9.46 Å². The largest absolute Gasteiger partial charge is 0.497 e. The Balaban J connectivity index is 3.04. The number of hydrogen-bond acceptors (Lipinski definition) is 4. The Morgan fingerprint density at radius 1 is 1.29 bits per heavy atom. The average Bonchev–Trinajstić information content (AvgIpc) is 2.33. The molecule has 21 heavy (non-hydrogen) atoms. The van der Waals surface area contributed by atoms with Gasteiger partial charge in [0.1, 0.15) is 5.75 Å². The summed E-state index contributed by atoms with van der Waals surface area (Å²) < 4.78 is 67.4. The molecule has 2 N–H and O–H groups in total. The van der Waals surface area contributed by atoms with E-state index in [1.54, 1.807) is 4.72 Å². The number of hydrogen-bond donors (Lipinski definition) is 2. The van der Waals surface area contributed by atoms with Crippen molar-refractivity contribution in [3.8, 4) is 5.75 Å². The minimum atomic E-state index is -4.88. The quantitative estimate of drug-likeness (QED) is 0.860. The SMILES string of the molecule is COc1cc(C)c(S(=O)(=O)NCC(O)C(F)(F)F)c(C)c1. The maximum absolute atomic E-state index is 12.2. The second-order valence-corrected chi connectivity index (χ2v) is 6.20. The second kappa shape index (κ2) is 6.20. The number of aliphatic hydroxyl groups excluding tert-OH is 1. The van der Waals surface area contributed by atoms with Crippen LogP contribution in [0.1, 0.15) is 11.1 Å². The molecular weight excluding hydrogens is 311 g/mol. The zero-order valence-corrected chi connectivity index (χ0v) is 12.5. The van der Waals surface area contributed by atoms with Gasteiger partial charge in [-0.05, 0) is 37.1 Å². The molecule has 9 heteroatoms. The maximum Gasteiger partial charge on any atom is 0.415 e. The molecule has 0 spiro atoms. The number of rotatable bonds is 5. The lowest BCUT2D eigenvalue weighted by Crippen LogP contribution is -2.40. The first-order chi connectivity index (χ1) is 9.49. The number of ether oxygens (including phenoxy) is 1. The van der Waals surface area contributed by atoms with Crippen molar-refractivity contribution in [3.05, 3.63) is 23.3 Å². The van der Waals surface area contributed by atoms with Gasteiger partial charge < -0.3 is 9.84 Å². The van der Waals surface area contributed by atoms with Crippen molar-refractivity contribution >= 4 is 10.0 Å². The summed E-state index contributed by atoms with van der Waals surface area (Å²) in [5, 5.41) is 8.84. The summed E-state index contributed by atoms with van der Waals surface area (Å²) in [4.78, 5) is -0.127. The number of halogens is 3. The maximum atomic E-state index is 12.2. The van der Waals surface area contributed by atoms with Crippen LogP contribution in [0.25, 0.3) is 0 Å². The van der Waals surface area contributed by atoms with E-state index < -0.39 is 28.8 Å². The van der Waals surface area contributed by atoms with E-state index in [0.29, 0.717) is 16.9 Å². The molecule has 0 amide bonds. The van der Waals surface area contributed by atoms with Gasteiger partial charge in [0.15, 0.2) is 6.10 Å². The summed E-state index contributed by atoms with van der Waals surface area (Å²) in [7, 11) is -2.75. The molecule has 1 rings (SSSR count). The van der Waals surface area contributed by atoms with Crippen LogP contribution in [-0.2, 0) is 10.0 Å². The highest BCUT2D eigenvalue weighted by Crippen LogP contribution is 2.26. The Hall–Kier alpha value is -1.32. The molecule has 0 saturated carbocycles. The van der Waals surface area contributed by atoms with E-state index in [1.807, 2.05) is 0 Å². The molecular formula is C12H16F3NO4S. The monoisotopic (exact) mass is 327 g/mol. The summed E-state index contributed by atoms with van der Waals surface area (Å²) >= 11 is 0. The van der Waals surface area contributed by atoms with Gasteiger partial charge in [-0.3, -0.25) is 0 Å². The minimum absolute atomic E-state index is 0.127. The predicted octanol–water partition coefficient (Wildman–Crippen LogP) is 1.51. The highest BCUT2D eigenvalue weighted by atomic mass is 32.2. The van der Waals surface area contributed by atoms with Crippen molar-refractivity contribution < 1.29 is 31.4 Å². The number of aliphatic hydroxyl groups is 1. The molecule has 1 aromatic rings. The van der Waals surface area contributed by atoms with Gasteiger partial charge in [0, 0.05) is 6.54 Å². The van der Waals surface area contributed by atoms with Crippen LogP contribution in [0, 0.1) is 13.8 Å². The number of sulfonamides is 1. The third-order valence-corrected chi connectivity index (χ3v) is 4.51. The molecule has 0 bridgehead atoms. The first-order valence-electron chi connectivity index (χ1n) is 5.88. The Morgan fingerprint density at radius 2 is 1.76 bits per heavy atom. The zero-order chi connectivity index (χ0) is 16.4. The average molecular weight is 327 g/mol. The van der Waals surface area contributed by atoms with Crippen LogP contribution in [0.15, 0.2) is 17.0 Å². The summed E-state index contributed by atoms with van der Waals surface area (Å²) in [6, 6.07) is 2.92.